The number of aromatic nitrogens is 1. The minimum absolute atomic E-state index is 0.0788. The Balaban J connectivity index is 2.00. The van der Waals surface area contributed by atoms with Crippen molar-refractivity contribution in [2.24, 2.45) is 5.73 Å². The van der Waals surface area contributed by atoms with Crippen LogP contribution in [0.3, 0.4) is 0 Å². The number of amides is 2. The number of carbonyl (C=O) groups is 2. The molecule has 0 saturated carbocycles. The second kappa shape index (κ2) is 6.62. The van der Waals surface area contributed by atoms with Crippen molar-refractivity contribution in [3.8, 4) is 0 Å². The summed E-state index contributed by atoms with van der Waals surface area (Å²) >= 11 is 1.21. The summed E-state index contributed by atoms with van der Waals surface area (Å²) < 4.78 is 5.53. The number of rotatable bonds is 6. The predicted octanol–water partition coefficient (Wildman–Crippen LogP) is 1.64. The van der Waals surface area contributed by atoms with Crippen LogP contribution in [0, 0.1) is 0 Å². The van der Waals surface area contributed by atoms with E-state index in [1.165, 1.54) is 16.7 Å². The normalized spacial score (nSPS) is 11.0. The molecule has 0 unspecified atom stereocenters. The zero-order chi connectivity index (χ0) is 15.4. The van der Waals surface area contributed by atoms with E-state index in [1.807, 2.05) is 38.1 Å². The molecule has 6 nitrogen and oxygen atoms in total. The Kier molecular flexibility index (Phi) is 4.85. The van der Waals surface area contributed by atoms with E-state index in [4.69, 9.17) is 10.2 Å². The van der Waals surface area contributed by atoms with Crippen molar-refractivity contribution < 1.29 is 14.0 Å². The van der Waals surface area contributed by atoms with Gasteiger partial charge in [0.1, 0.15) is 5.52 Å². The lowest BCUT2D eigenvalue weighted by Gasteiger charge is -2.24. The molecule has 0 bridgehead atoms. The molecule has 2 N–H and O–H groups in total. The Morgan fingerprint density at radius 1 is 1.38 bits per heavy atom. The molecule has 112 valence electrons. The fourth-order valence-corrected chi connectivity index (χ4v) is 2.57. The second-order valence-electron chi connectivity index (χ2n) is 4.82. The Morgan fingerprint density at radius 2 is 2.10 bits per heavy atom. The van der Waals surface area contributed by atoms with Crippen LogP contribution < -0.4 is 5.73 Å². The van der Waals surface area contributed by atoms with E-state index >= 15 is 0 Å². The Hall–Kier alpha value is -2.02. The van der Waals surface area contributed by atoms with E-state index in [2.05, 4.69) is 4.98 Å². The summed E-state index contributed by atoms with van der Waals surface area (Å²) in [4.78, 5) is 28.9. The minimum atomic E-state index is -0.524. The topological polar surface area (TPSA) is 89.4 Å². The van der Waals surface area contributed by atoms with Crippen LogP contribution >= 0.6 is 11.8 Å². The zero-order valence-corrected chi connectivity index (χ0v) is 12.7. The van der Waals surface area contributed by atoms with E-state index in [0.29, 0.717) is 10.8 Å². The number of oxazole rings is 1. The van der Waals surface area contributed by atoms with Gasteiger partial charge in [-0.15, -0.1) is 0 Å². The predicted molar refractivity (Wildman–Crippen MR) is 80.8 cm³/mol. The Bertz CT molecular complexity index is 621. The first-order valence-corrected chi connectivity index (χ1v) is 7.52. The minimum Gasteiger partial charge on any atom is -0.431 e. The fourth-order valence-electron chi connectivity index (χ4n) is 1.85. The van der Waals surface area contributed by atoms with Gasteiger partial charge in [0.15, 0.2) is 5.58 Å². The number of nitrogens with zero attached hydrogens (tertiary/aromatic N) is 2. The Morgan fingerprint density at radius 3 is 2.71 bits per heavy atom. The van der Waals surface area contributed by atoms with Crippen LogP contribution in [0.1, 0.15) is 13.8 Å². The second-order valence-corrected chi connectivity index (χ2v) is 5.74. The molecule has 0 fully saturated rings. The molecular formula is C14H17N3O3S. The van der Waals surface area contributed by atoms with Crippen molar-refractivity contribution >= 4 is 34.7 Å². The van der Waals surface area contributed by atoms with E-state index in [1.54, 1.807) is 0 Å². The third-order valence-electron chi connectivity index (χ3n) is 2.86. The zero-order valence-electron chi connectivity index (χ0n) is 11.9. The van der Waals surface area contributed by atoms with Crippen molar-refractivity contribution in [2.45, 2.75) is 25.1 Å². The molecule has 0 aliphatic rings. The highest BCUT2D eigenvalue weighted by Crippen LogP contribution is 2.23. The van der Waals surface area contributed by atoms with E-state index in [0.717, 1.165) is 5.52 Å². The van der Waals surface area contributed by atoms with Crippen molar-refractivity contribution in [3.63, 3.8) is 0 Å². The summed E-state index contributed by atoms with van der Waals surface area (Å²) in [6.45, 7) is 3.60. The molecule has 0 aliphatic heterocycles. The highest BCUT2D eigenvalue weighted by molar-refractivity contribution is 7.99. The summed E-state index contributed by atoms with van der Waals surface area (Å²) in [5, 5.41) is 0.437. The van der Waals surface area contributed by atoms with Gasteiger partial charge in [-0.05, 0) is 26.0 Å². The number of hydrogen-bond acceptors (Lipinski definition) is 5. The standard InChI is InChI=1S/C14H17N3O3S/c1-9(2)17(7-12(15)18)13(19)8-21-14-16-10-5-3-4-6-11(10)20-14/h3-6,9H,7-8H2,1-2H3,(H2,15,18). The number of benzene rings is 1. The third-order valence-corrected chi connectivity index (χ3v) is 3.68. The van der Waals surface area contributed by atoms with Crippen molar-refractivity contribution in [3.05, 3.63) is 24.3 Å². The maximum absolute atomic E-state index is 12.1. The fraction of sp³-hybridized carbons (Fsp3) is 0.357. The first-order chi connectivity index (χ1) is 9.97. The van der Waals surface area contributed by atoms with Crippen molar-refractivity contribution in [1.29, 1.82) is 0 Å². The van der Waals surface area contributed by atoms with Gasteiger partial charge in [-0.3, -0.25) is 9.59 Å². The van der Waals surface area contributed by atoms with Crippen LogP contribution in [-0.2, 0) is 9.59 Å². The van der Waals surface area contributed by atoms with Gasteiger partial charge in [0.2, 0.25) is 11.8 Å². The van der Waals surface area contributed by atoms with Crippen LogP contribution in [-0.4, -0.2) is 40.0 Å². The van der Waals surface area contributed by atoms with E-state index in [9.17, 15) is 9.59 Å². The molecule has 0 aliphatic carbocycles. The van der Waals surface area contributed by atoms with Crippen molar-refractivity contribution in [2.75, 3.05) is 12.3 Å². The maximum atomic E-state index is 12.1. The number of fused-ring (bicyclic) bond motifs is 1. The number of nitrogens with two attached hydrogens (primary N) is 1. The number of para-hydroxylation sites is 2. The third kappa shape index (κ3) is 3.98. The van der Waals surface area contributed by atoms with Gasteiger partial charge in [0, 0.05) is 6.04 Å². The lowest BCUT2D eigenvalue weighted by molar-refractivity contribution is -0.134. The largest absolute Gasteiger partial charge is 0.431 e. The number of hydrogen-bond donors (Lipinski definition) is 1. The summed E-state index contributed by atoms with van der Waals surface area (Å²) in [6.07, 6.45) is 0. The average molecular weight is 307 g/mol. The van der Waals surface area contributed by atoms with Gasteiger partial charge in [-0.25, -0.2) is 4.98 Å². The van der Waals surface area contributed by atoms with Crippen LogP contribution in [0.15, 0.2) is 33.9 Å². The average Bonchev–Trinajstić information content (AvgIpc) is 2.84. The van der Waals surface area contributed by atoms with Gasteiger partial charge in [0.05, 0.1) is 12.3 Å². The number of carbonyl (C=O) groups excluding carboxylic acids is 2. The highest BCUT2D eigenvalue weighted by atomic mass is 32.2. The van der Waals surface area contributed by atoms with E-state index < -0.39 is 5.91 Å². The van der Waals surface area contributed by atoms with Gasteiger partial charge >= 0.3 is 0 Å². The van der Waals surface area contributed by atoms with Crippen LogP contribution in [0.2, 0.25) is 0 Å². The molecule has 0 atom stereocenters. The van der Waals surface area contributed by atoms with E-state index in [-0.39, 0.29) is 24.2 Å². The smallest absolute Gasteiger partial charge is 0.257 e. The highest BCUT2D eigenvalue weighted by Gasteiger charge is 2.20. The summed E-state index contributed by atoms with van der Waals surface area (Å²) in [6, 6.07) is 7.31. The van der Waals surface area contributed by atoms with Crippen molar-refractivity contribution in [1.82, 2.24) is 9.88 Å². The molecule has 2 amide bonds. The number of thioether (sulfide) groups is 1. The quantitative estimate of drug-likeness (QED) is 0.819. The first kappa shape index (κ1) is 15.4. The monoisotopic (exact) mass is 307 g/mol. The summed E-state index contributed by atoms with van der Waals surface area (Å²) in [5.74, 6) is -0.543. The molecule has 1 aromatic heterocycles. The Labute approximate surface area is 126 Å². The molecule has 7 heteroatoms. The lowest BCUT2D eigenvalue weighted by atomic mass is 10.3. The van der Waals surface area contributed by atoms with Gasteiger partial charge in [0.25, 0.3) is 5.22 Å². The van der Waals surface area contributed by atoms with Crippen LogP contribution in [0.5, 0.6) is 0 Å². The molecule has 21 heavy (non-hydrogen) atoms. The molecule has 1 aromatic carbocycles. The SMILES string of the molecule is CC(C)N(CC(N)=O)C(=O)CSc1nc2ccccc2o1. The molecule has 2 rings (SSSR count). The summed E-state index contributed by atoms with van der Waals surface area (Å²) in [7, 11) is 0. The number of primary amides is 1. The van der Waals surface area contributed by atoms with Crippen LogP contribution in [0.25, 0.3) is 11.1 Å². The van der Waals surface area contributed by atoms with Gasteiger partial charge in [-0.2, -0.15) is 0 Å². The molecule has 1 heterocycles. The molecule has 0 saturated heterocycles. The maximum Gasteiger partial charge on any atom is 0.257 e. The lowest BCUT2D eigenvalue weighted by Crippen LogP contribution is -2.43. The molecule has 2 aromatic rings. The molecule has 0 spiro atoms. The molecular weight excluding hydrogens is 290 g/mol. The first-order valence-electron chi connectivity index (χ1n) is 6.53. The van der Waals surface area contributed by atoms with Crippen LogP contribution in [0.4, 0.5) is 0 Å². The van der Waals surface area contributed by atoms with Gasteiger partial charge < -0.3 is 15.1 Å². The summed E-state index contributed by atoms with van der Waals surface area (Å²) in [5.41, 5.74) is 6.60. The van der Waals surface area contributed by atoms with Gasteiger partial charge in [-0.1, -0.05) is 23.9 Å². The molecule has 0 radical (unpaired) electrons.